The maximum absolute atomic E-state index is 5.86. The molecule has 0 saturated heterocycles. The van der Waals surface area contributed by atoms with Crippen molar-refractivity contribution in [2.45, 2.75) is 13.2 Å². The number of benzene rings is 4. The Bertz CT molecular complexity index is 1080. The molecule has 0 saturated carbocycles. The van der Waals surface area contributed by atoms with Crippen LogP contribution in [0.2, 0.25) is 0 Å². The number of hydrogen-bond acceptors (Lipinski definition) is 4. The lowest BCUT2D eigenvalue weighted by Gasteiger charge is -2.06. The van der Waals surface area contributed by atoms with E-state index in [1.165, 1.54) is 0 Å². The lowest BCUT2D eigenvalue weighted by molar-refractivity contribution is 0.306. The number of nitrogens with zero attached hydrogens (tertiary/aromatic N) is 2. The van der Waals surface area contributed by atoms with Crippen LogP contribution in [0.3, 0.4) is 0 Å². The fraction of sp³-hybridized carbons (Fsp3) is 0.0714. The minimum absolute atomic E-state index is 0.530. The van der Waals surface area contributed by atoms with Crippen molar-refractivity contribution in [3.8, 4) is 11.5 Å². The van der Waals surface area contributed by atoms with Crippen LogP contribution in [0.1, 0.15) is 22.3 Å². The maximum atomic E-state index is 5.86. The molecule has 4 rings (SSSR count). The van der Waals surface area contributed by atoms with Crippen molar-refractivity contribution in [2.24, 2.45) is 10.2 Å². The number of ether oxygens (including phenoxy) is 2. The molecule has 0 spiro atoms. The Labute approximate surface area is 188 Å². The predicted octanol–water partition coefficient (Wildman–Crippen LogP) is 6.30. The molecule has 0 aliphatic heterocycles. The molecule has 158 valence electrons. The van der Waals surface area contributed by atoms with E-state index in [1.807, 2.05) is 109 Å². The van der Waals surface area contributed by atoms with Crippen LogP contribution in [-0.2, 0) is 13.2 Å². The van der Waals surface area contributed by atoms with Crippen LogP contribution in [0.15, 0.2) is 119 Å². The molecule has 0 atom stereocenters. The second-order valence-corrected chi connectivity index (χ2v) is 7.18. The van der Waals surface area contributed by atoms with Crippen LogP contribution in [0.5, 0.6) is 11.5 Å². The third-order valence-corrected chi connectivity index (χ3v) is 4.69. The monoisotopic (exact) mass is 420 g/mol. The third-order valence-electron chi connectivity index (χ3n) is 4.69. The molecule has 4 heteroatoms. The zero-order chi connectivity index (χ0) is 21.8. The van der Waals surface area contributed by atoms with Crippen molar-refractivity contribution in [3.05, 3.63) is 131 Å². The molecule has 0 aromatic heterocycles. The van der Waals surface area contributed by atoms with E-state index in [0.717, 1.165) is 33.8 Å². The standard InChI is InChI=1S/C28H24N2O2/c1-3-9-23(10-4-1)21-31-27-15-7-13-25(17-27)19-29-30-20-26-14-8-16-28(18-26)32-22-24-11-5-2-6-12-24/h1-20H,21-22H2. The van der Waals surface area contributed by atoms with Crippen LogP contribution in [0, 0.1) is 0 Å². The van der Waals surface area contributed by atoms with Gasteiger partial charge in [0.1, 0.15) is 24.7 Å². The average molecular weight is 421 g/mol. The van der Waals surface area contributed by atoms with E-state index in [-0.39, 0.29) is 0 Å². The number of hydrogen-bond donors (Lipinski definition) is 0. The largest absolute Gasteiger partial charge is 0.489 e. The fourth-order valence-corrected chi connectivity index (χ4v) is 3.05. The van der Waals surface area contributed by atoms with Gasteiger partial charge in [0.05, 0.1) is 12.4 Å². The Morgan fingerprint density at radius 1 is 0.500 bits per heavy atom. The number of rotatable bonds is 9. The molecule has 0 amide bonds. The van der Waals surface area contributed by atoms with Crippen molar-refractivity contribution < 1.29 is 9.47 Å². The first-order valence-corrected chi connectivity index (χ1v) is 10.5. The zero-order valence-corrected chi connectivity index (χ0v) is 17.7. The van der Waals surface area contributed by atoms with Crippen LogP contribution < -0.4 is 9.47 Å². The van der Waals surface area contributed by atoms with Gasteiger partial charge in [-0.25, -0.2) is 0 Å². The van der Waals surface area contributed by atoms with Crippen molar-refractivity contribution in [1.82, 2.24) is 0 Å². The Morgan fingerprint density at radius 3 is 1.38 bits per heavy atom. The SMILES string of the molecule is C(=NN=Cc1cccc(OCc2ccccc2)c1)c1cccc(OCc2ccccc2)c1. The van der Waals surface area contributed by atoms with Crippen molar-refractivity contribution in [3.63, 3.8) is 0 Å². The molecule has 0 N–H and O–H groups in total. The molecule has 4 aromatic rings. The van der Waals surface area contributed by atoms with Crippen LogP contribution in [0.4, 0.5) is 0 Å². The molecular weight excluding hydrogens is 396 g/mol. The highest BCUT2D eigenvalue weighted by Crippen LogP contribution is 2.15. The molecule has 32 heavy (non-hydrogen) atoms. The molecule has 4 aromatic carbocycles. The second-order valence-electron chi connectivity index (χ2n) is 7.18. The van der Waals surface area contributed by atoms with E-state index in [4.69, 9.17) is 9.47 Å². The van der Waals surface area contributed by atoms with E-state index in [2.05, 4.69) is 10.2 Å². The minimum Gasteiger partial charge on any atom is -0.489 e. The smallest absolute Gasteiger partial charge is 0.120 e. The van der Waals surface area contributed by atoms with Crippen molar-refractivity contribution in [1.29, 1.82) is 0 Å². The van der Waals surface area contributed by atoms with Gasteiger partial charge in [-0.15, -0.1) is 0 Å². The Kier molecular flexibility index (Phi) is 7.42. The second kappa shape index (κ2) is 11.3. The summed E-state index contributed by atoms with van der Waals surface area (Å²) in [7, 11) is 0. The highest BCUT2D eigenvalue weighted by molar-refractivity contribution is 5.83. The van der Waals surface area contributed by atoms with Gasteiger partial charge in [-0.05, 0) is 46.5 Å². The summed E-state index contributed by atoms with van der Waals surface area (Å²) in [5.74, 6) is 1.59. The summed E-state index contributed by atoms with van der Waals surface area (Å²) in [6.07, 6.45) is 3.42. The highest BCUT2D eigenvalue weighted by Gasteiger charge is 1.98. The van der Waals surface area contributed by atoms with Gasteiger partial charge in [-0.2, -0.15) is 10.2 Å². The van der Waals surface area contributed by atoms with Crippen LogP contribution in [0.25, 0.3) is 0 Å². The normalized spacial score (nSPS) is 11.1. The van der Waals surface area contributed by atoms with Gasteiger partial charge in [-0.3, -0.25) is 0 Å². The molecule has 0 aliphatic rings. The minimum atomic E-state index is 0.530. The first kappa shape index (κ1) is 21.1. The zero-order valence-electron chi connectivity index (χ0n) is 17.7. The summed E-state index contributed by atoms with van der Waals surface area (Å²) in [6, 6.07) is 35.8. The fourth-order valence-electron chi connectivity index (χ4n) is 3.05. The molecule has 4 nitrogen and oxygen atoms in total. The molecule has 0 bridgehead atoms. The first-order chi connectivity index (χ1) is 15.8. The third kappa shape index (κ3) is 6.67. The molecule has 0 aliphatic carbocycles. The average Bonchev–Trinajstić information content (AvgIpc) is 2.86. The quantitative estimate of drug-likeness (QED) is 0.236. The Hall–Kier alpha value is -4.18. The lowest BCUT2D eigenvalue weighted by atomic mass is 10.2. The van der Waals surface area contributed by atoms with Gasteiger partial charge in [0.15, 0.2) is 0 Å². The Balaban J connectivity index is 1.31. The van der Waals surface area contributed by atoms with E-state index in [9.17, 15) is 0 Å². The van der Waals surface area contributed by atoms with Crippen molar-refractivity contribution >= 4 is 12.4 Å². The van der Waals surface area contributed by atoms with Crippen LogP contribution >= 0.6 is 0 Å². The van der Waals surface area contributed by atoms with Crippen molar-refractivity contribution in [2.75, 3.05) is 0 Å². The predicted molar refractivity (Wildman–Crippen MR) is 130 cm³/mol. The topological polar surface area (TPSA) is 43.2 Å². The summed E-state index contributed by atoms with van der Waals surface area (Å²) in [5, 5.41) is 8.34. The first-order valence-electron chi connectivity index (χ1n) is 10.5. The van der Waals surface area contributed by atoms with E-state index in [1.54, 1.807) is 12.4 Å². The highest BCUT2D eigenvalue weighted by atomic mass is 16.5. The summed E-state index contributed by atoms with van der Waals surface area (Å²) >= 11 is 0. The Morgan fingerprint density at radius 2 is 0.938 bits per heavy atom. The molecule has 0 unspecified atom stereocenters. The maximum Gasteiger partial charge on any atom is 0.120 e. The molecule has 0 heterocycles. The van der Waals surface area contributed by atoms with Gasteiger partial charge in [0.2, 0.25) is 0 Å². The summed E-state index contributed by atoms with van der Waals surface area (Å²) < 4.78 is 11.7. The van der Waals surface area contributed by atoms with Crippen LogP contribution in [-0.4, -0.2) is 12.4 Å². The van der Waals surface area contributed by atoms with E-state index in [0.29, 0.717) is 13.2 Å². The van der Waals surface area contributed by atoms with Gasteiger partial charge < -0.3 is 9.47 Å². The molecule has 0 radical (unpaired) electrons. The lowest BCUT2D eigenvalue weighted by Crippen LogP contribution is -1.95. The summed E-state index contributed by atoms with van der Waals surface area (Å²) in [6.45, 7) is 1.06. The van der Waals surface area contributed by atoms with Gasteiger partial charge in [0.25, 0.3) is 0 Å². The summed E-state index contributed by atoms with van der Waals surface area (Å²) in [5.41, 5.74) is 4.11. The molecular formula is C28H24N2O2. The van der Waals surface area contributed by atoms with E-state index < -0.39 is 0 Å². The summed E-state index contributed by atoms with van der Waals surface area (Å²) in [4.78, 5) is 0. The van der Waals surface area contributed by atoms with Gasteiger partial charge in [-0.1, -0.05) is 84.9 Å². The molecule has 0 fully saturated rings. The van der Waals surface area contributed by atoms with E-state index >= 15 is 0 Å². The van der Waals surface area contributed by atoms with Gasteiger partial charge >= 0.3 is 0 Å². The van der Waals surface area contributed by atoms with Gasteiger partial charge in [0, 0.05) is 0 Å².